The van der Waals surface area contributed by atoms with E-state index in [0.29, 0.717) is 29.3 Å². The molecule has 0 radical (unpaired) electrons. The number of nitrogen functional groups attached to an aromatic ring is 1. The van der Waals surface area contributed by atoms with Crippen LogP contribution in [0.4, 0.5) is 17.6 Å². The van der Waals surface area contributed by atoms with Gasteiger partial charge in [0.05, 0.1) is 6.54 Å². The highest BCUT2D eigenvalue weighted by atomic mass is 32.2. The fourth-order valence-electron chi connectivity index (χ4n) is 3.72. The summed E-state index contributed by atoms with van der Waals surface area (Å²) in [6.45, 7) is 4.33. The molecule has 0 atom stereocenters. The Morgan fingerprint density at radius 3 is 2.55 bits per heavy atom. The minimum atomic E-state index is 0.495. The maximum atomic E-state index is 5.96. The van der Waals surface area contributed by atoms with Gasteiger partial charge < -0.3 is 20.9 Å². The van der Waals surface area contributed by atoms with E-state index >= 15 is 0 Å². The Labute approximate surface area is 197 Å². The second-order valence-corrected chi connectivity index (χ2v) is 9.11. The van der Waals surface area contributed by atoms with E-state index in [1.54, 1.807) is 0 Å². The Morgan fingerprint density at radius 2 is 1.76 bits per heavy atom. The quantitative estimate of drug-likeness (QED) is 0.563. The lowest BCUT2D eigenvalue weighted by molar-refractivity contribution is 0.311. The predicted octanol–water partition coefficient (Wildman–Crippen LogP) is 3.26. The van der Waals surface area contributed by atoms with Crippen LogP contribution in [0.2, 0.25) is 0 Å². The number of nitrogens with zero attached hydrogens (tertiary/aromatic N) is 6. The van der Waals surface area contributed by atoms with Crippen molar-refractivity contribution in [3.63, 3.8) is 0 Å². The summed E-state index contributed by atoms with van der Waals surface area (Å²) in [7, 11) is 2.13. The molecule has 2 aliphatic rings. The summed E-state index contributed by atoms with van der Waals surface area (Å²) >= 11 is 1.48. The van der Waals surface area contributed by atoms with Crippen LogP contribution in [-0.2, 0) is 0 Å². The number of anilines is 3. The highest BCUT2D eigenvalue weighted by molar-refractivity contribution is 7.99. The molecule has 1 fully saturated rings. The van der Waals surface area contributed by atoms with Crippen LogP contribution < -0.4 is 16.0 Å². The van der Waals surface area contributed by atoms with Crippen molar-refractivity contribution in [2.75, 3.05) is 55.7 Å². The summed E-state index contributed by atoms with van der Waals surface area (Å²) in [4.78, 5) is 24.3. The number of nitrogens with one attached hydrogen (secondary N) is 1. The molecule has 3 N–H and O–H groups in total. The lowest BCUT2D eigenvalue weighted by Crippen LogP contribution is -2.45. The van der Waals surface area contributed by atoms with Crippen LogP contribution in [0.5, 0.6) is 0 Å². The first-order chi connectivity index (χ1) is 16.1. The first-order valence-electron chi connectivity index (χ1n) is 10.9. The third kappa shape index (κ3) is 5.32. The van der Waals surface area contributed by atoms with Crippen molar-refractivity contribution in [1.29, 1.82) is 0 Å². The molecule has 0 unspecified atom stereocenters. The van der Waals surface area contributed by atoms with Crippen molar-refractivity contribution in [2.45, 2.75) is 10.1 Å². The number of nitrogens with two attached hydrogens (primary N) is 1. The van der Waals surface area contributed by atoms with Gasteiger partial charge in [0, 0.05) is 36.8 Å². The summed E-state index contributed by atoms with van der Waals surface area (Å²) in [5, 5.41) is 3.93. The molecule has 1 saturated heterocycles. The van der Waals surface area contributed by atoms with Gasteiger partial charge in [0.15, 0.2) is 5.16 Å². The maximum absolute atomic E-state index is 5.96. The second kappa shape index (κ2) is 9.60. The van der Waals surface area contributed by atoms with Gasteiger partial charge in [-0.1, -0.05) is 36.4 Å². The van der Waals surface area contributed by atoms with E-state index in [2.05, 4.69) is 50.3 Å². The molecule has 0 spiro atoms. The first kappa shape index (κ1) is 21.4. The number of benzene rings is 2. The van der Waals surface area contributed by atoms with Gasteiger partial charge in [-0.15, -0.1) is 0 Å². The van der Waals surface area contributed by atoms with Gasteiger partial charge in [0.25, 0.3) is 0 Å². The van der Waals surface area contributed by atoms with E-state index in [1.807, 2.05) is 42.5 Å². The monoisotopic (exact) mass is 458 g/mol. The molecule has 8 nitrogen and oxygen atoms in total. The lowest BCUT2D eigenvalue weighted by atomic mass is 10.1. The molecule has 1 aromatic heterocycles. The van der Waals surface area contributed by atoms with Gasteiger partial charge in [-0.05, 0) is 54.2 Å². The highest BCUT2D eigenvalue weighted by Crippen LogP contribution is 2.28. The van der Waals surface area contributed by atoms with E-state index in [4.69, 9.17) is 15.7 Å². The van der Waals surface area contributed by atoms with Crippen LogP contribution in [0, 0.1) is 0 Å². The van der Waals surface area contributed by atoms with Gasteiger partial charge in [-0.2, -0.15) is 15.0 Å². The average Bonchev–Trinajstić information content (AvgIpc) is 3.28. The zero-order chi connectivity index (χ0) is 22.6. The van der Waals surface area contributed by atoms with Gasteiger partial charge >= 0.3 is 0 Å². The first-order valence-corrected chi connectivity index (χ1v) is 11.7. The van der Waals surface area contributed by atoms with Crippen molar-refractivity contribution < 1.29 is 0 Å². The molecule has 0 amide bonds. The Bertz CT molecular complexity index is 1190. The average molecular weight is 459 g/mol. The molecule has 3 aromatic rings. The Morgan fingerprint density at radius 1 is 0.939 bits per heavy atom. The van der Waals surface area contributed by atoms with E-state index in [-0.39, 0.29) is 0 Å². The molecular formula is C24H26N8S. The van der Waals surface area contributed by atoms with Crippen LogP contribution >= 0.6 is 11.8 Å². The number of likely N-dealkylation sites (N-methyl/N-ethyl adjacent to an activating group) is 1. The largest absolute Gasteiger partial charge is 0.399 e. The van der Waals surface area contributed by atoms with Crippen LogP contribution in [0.1, 0.15) is 5.56 Å². The van der Waals surface area contributed by atoms with Gasteiger partial charge in [0.1, 0.15) is 5.84 Å². The SMILES string of the molecule is CN1CCN(c2nc(NC3=NCC(c4ccccc4)=C3)nc(Sc3cccc(N)c3)n2)CC1. The minimum absolute atomic E-state index is 0.495. The highest BCUT2D eigenvalue weighted by Gasteiger charge is 2.20. The molecule has 0 bridgehead atoms. The second-order valence-electron chi connectivity index (χ2n) is 8.07. The molecule has 5 rings (SSSR count). The number of hydrogen-bond donors (Lipinski definition) is 2. The zero-order valence-electron chi connectivity index (χ0n) is 18.5. The van der Waals surface area contributed by atoms with Gasteiger partial charge in [-0.3, -0.25) is 4.99 Å². The molecule has 3 heterocycles. The predicted molar refractivity (Wildman–Crippen MR) is 135 cm³/mol. The Hall–Kier alpha value is -3.43. The van der Waals surface area contributed by atoms with E-state index in [9.17, 15) is 0 Å². The normalized spacial score (nSPS) is 16.5. The summed E-state index contributed by atoms with van der Waals surface area (Å²) in [6.07, 6.45) is 2.05. The summed E-state index contributed by atoms with van der Waals surface area (Å²) in [5.41, 5.74) is 9.01. The van der Waals surface area contributed by atoms with E-state index < -0.39 is 0 Å². The molecule has 2 aromatic carbocycles. The van der Waals surface area contributed by atoms with Crippen molar-refractivity contribution in [2.24, 2.45) is 4.99 Å². The molecule has 0 aliphatic carbocycles. The lowest BCUT2D eigenvalue weighted by Gasteiger charge is -2.32. The molecule has 168 valence electrons. The molecule has 9 heteroatoms. The number of rotatable bonds is 5. The summed E-state index contributed by atoms with van der Waals surface area (Å²) < 4.78 is 0. The third-order valence-corrected chi connectivity index (χ3v) is 6.43. The maximum Gasteiger partial charge on any atom is 0.234 e. The molecular weight excluding hydrogens is 432 g/mol. The van der Waals surface area contributed by atoms with Crippen LogP contribution in [0.25, 0.3) is 5.57 Å². The van der Waals surface area contributed by atoms with E-state index in [1.165, 1.54) is 22.9 Å². The number of aliphatic imine (C=N–C) groups is 1. The number of piperazine rings is 1. The standard InChI is InChI=1S/C24H26N8S/c1-31-10-12-32(13-11-31)23-28-22(29-24(30-23)33-20-9-5-8-19(25)15-20)27-21-14-18(16-26-21)17-6-3-2-4-7-17/h2-9,14-15H,10-13,16,25H2,1H3,(H,26,27,28,29,30). The van der Waals surface area contributed by atoms with Crippen LogP contribution in [0.3, 0.4) is 0 Å². The Balaban J connectivity index is 1.41. The smallest absolute Gasteiger partial charge is 0.234 e. The summed E-state index contributed by atoms with van der Waals surface area (Å²) in [5.74, 6) is 1.93. The molecule has 2 aliphatic heterocycles. The fraction of sp³-hybridized carbons (Fsp3) is 0.250. The van der Waals surface area contributed by atoms with Gasteiger partial charge in [-0.25, -0.2) is 0 Å². The van der Waals surface area contributed by atoms with Gasteiger partial charge in [0.2, 0.25) is 11.9 Å². The van der Waals surface area contributed by atoms with Crippen molar-refractivity contribution in [3.8, 4) is 0 Å². The van der Waals surface area contributed by atoms with Crippen molar-refractivity contribution in [3.05, 3.63) is 66.2 Å². The minimum Gasteiger partial charge on any atom is -0.399 e. The fourth-order valence-corrected chi connectivity index (χ4v) is 4.53. The van der Waals surface area contributed by atoms with E-state index in [0.717, 1.165) is 36.9 Å². The summed E-state index contributed by atoms with van der Waals surface area (Å²) in [6, 6.07) is 18.0. The van der Waals surface area contributed by atoms with Crippen molar-refractivity contribution >= 4 is 40.8 Å². The zero-order valence-corrected chi connectivity index (χ0v) is 19.3. The number of hydrogen-bond acceptors (Lipinski definition) is 9. The molecule has 33 heavy (non-hydrogen) atoms. The van der Waals surface area contributed by atoms with Crippen LogP contribution in [0.15, 0.2) is 75.7 Å². The van der Waals surface area contributed by atoms with Crippen molar-refractivity contribution in [1.82, 2.24) is 19.9 Å². The Kier molecular flexibility index (Phi) is 6.23. The topological polar surface area (TPSA) is 95.6 Å². The van der Waals surface area contributed by atoms with Crippen LogP contribution in [-0.4, -0.2) is 65.5 Å². The third-order valence-electron chi connectivity index (χ3n) is 5.57. The number of aromatic nitrogens is 3. The number of amidine groups is 1. The molecule has 0 saturated carbocycles.